The number of nitro benzene ring substituents is 1. The second-order valence-electron chi connectivity index (χ2n) is 5.10. The molecule has 1 heterocycles. The number of non-ortho nitro benzene ring substituents is 1. The van der Waals surface area contributed by atoms with Gasteiger partial charge in [0.1, 0.15) is 5.82 Å². The quantitative estimate of drug-likeness (QED) is 0.465. The van der Waals surface area contributed by atoms with E-state index in [-0.39, 0.29) is 11.6 Å². The Morgan fingerprint density at radius 3 is 2.57 bits per heavy atom. The van der Waals surface area contributed by atoms with Crippen molar-refractivity contribution in [3.05, 3.63) is 58.3 Å². The topological polar surface area (TPSA) is 97.2 Å². The van der Waals surface area contributed by atoms with Crippen molar-refractivity contribution in [3.63, 3.8) is 0 Å². The zero-order chi connectivity index (χ0) is 16.7. The van der Waals surface area contributed by atoms with Crippen LogP contribution < -0.4 is 10.6 Å². The number of amides is 1. The van der Waals surface area contributed by atoms with Crippen LogP contribution in [0.15, 0.2) is 42.6 Å². The molecule has 0 unspecified atom stereocenters. The molecule has 2 N–H and O–H groups in total. The lowest BCUT2D eigenvalue weighted by atomic mass is 10.2. The molecule has 23 heavy (non-hydrogen) atoms. The molecular weight excluding hydrogens is 296 g/mol. The summed E-state index contributed by atoms with van der Waals surface area (Å²) in [5, 5.41) is 16.4. The van der Waals surface area contributed by atoms with E-state index < -0.39 is 4.92 Å². The fourth-order valence-electron chi connectivity index (χ4n) is 1.93. The fraction of sp³-hybridized carbons (Fsp3) is 0.250. The van der Waals surface area contributed by atoms with Crippen molar-refractivity contribution in [2.45, 2.75) is 19.8 Å². The second kappa shape index (κ2) is 7.88. The number of anilines is 2. The van der Waals surface area contributed by atoms with Crippen molar-refractivity contribution >= 4 is 23.1 Å². The van der Waals surface area contributed by atoms with E-state index >= 15 is 0 Å². The van der Waals surface area contributed by atoms with Crippen LogP contribution in [0.3, 0.4) is 0 Å². The molecule has 0 fully saturated rings. The molecule has 0 atom stereocenters. The standard InChI is InChI=1S/C16H18N4O3/c1-12-4-9-15(18-11-12)19-16(21)3-2-10-17-13-5-7-14(8-6-13)20(22)23/h4-9,11,17H,2-3,10H2,1H3,(H,18,19,21). The van der Waals surface area contributed by atoms with E-state index in [1.165, 1.54) is 12.1 Å². The van der Waals surface area contributed by atoms with Crippen LogP contribution in [0.25, 0.3) is 0 Å². The Balaban J connectivity index is 1.69. The zero-order valence-electron chi connectivity index (χ0n) is 12.8. The highest BCUT2D eigenvalue weighted by atomic mass is 16.6. The van der Waals surface area contributed by atoms with Crippen molar-refractivity contribution in [1.29, 1.82) is 0 Å². The third kappa shape index (κ3) is 5.39. The summed E-state index contributed by atoms with van der Waals surface area (Å²) in [4.78, 5) is 26.0. The summed E-state index contributed by atoms with van der Waals surface area (Å²) >= 11 is 0. The molecule has 1 aromatic carbocycles. The molecule has 0 saturated heterocycles. The summed E-state index contributed by atoms with van der Waals surface area (Å²) in [5.74, 6) is 0.454. The minimum Gasteiger partial charge on any atom is -0.385 e. The van der Waals surface area contributed by atoms with E-state index in [0.717, 1.165) is 11.3 Å². The highest BCUT2D eigenvalue weighted by Gasteiger charge is 2.05. The second-order valence-corrected chi connectivity index (χ2v) is 5.10. The Kier molecular flexibility index (Phi) is 5.62. The van der Waals surface area contributed by atoms with Crippen molar-refractivity contribution in [2.75, 3.05) is 17.2 Å². The Morgan fingerprint density at radius 2 is 1.96 bits per heavy atom. The van der Waals surface area contributed by atoms with Crippen molar-refractivity contribution in [2.24, 2.45) is 0 Å². The number of aromatic nitrogens is 1. The van der Waals surface area contributed by atoms with Gasteiger partial charge < -0.3 is 10.6 Å². The number of carbonyl (C=O) groups is 1. The van der Waals surface area contributed by atoms with Crippen LogP contribution in [0, 0.1) is 17.0 Å². The third-order valence-electron chi connectivity index (χ3n) is 3.17. The number of nitrogens with one attached hydrogen (secondary N) is 2. The first-order chi connectivity index (χ1) is 11.0. The smallest absolute Gasteiger partial charge is 0.269 e. The Hall–Kier alpha value is -2.96. The molecule has 0 bridgehead atoms. The molecule has 120 valence electrons. The van der Waals surface area contributed by atoms with Gasteiger partial charge in [-0.25, -0.2) is 4.98 Å². The first-order valence-corrected chi connectivity index (χ1v) is 7.25. The van der Waals surface area contributed by atoms with Gasteiger partial charge in [-0.2, -0.15) is 0 Å². The van der Waals surface area contributed by atoms with Crippen LogP contribution in [0.1, 0.15) is 18.4 Å². The number of rotatable bonds is 7. The number of benzene rings is 1. The average molecular weight is 314 g/mol. The summed E-state index contributed by atoms with van der Waals surface area (Å²) in [6.07, 6.45) is 2.72. The molecule has 2 rings (SSSR count). The Morgan fingerprint density at radius 1 is 1.22 bits per heavy atom. The summed E-state index contributed by atoms with van der Waals surface area (Å²) in [7, 11) is 0. The van der Waals surface area contributed by atoms with Crippen molar-refractivity contribution in [1.82, 2.24) is 4.98 Å². The third-order valence-corrected chi connectivity index (χ3v) is 3.17. The van der Waals surface area contributed by atoms with Crippen LogP contribution >= 0.6 is 0 Å². The molecule has 0 aliphatic carbocycles. The minimum atomic E-state index is -0.437. The Labute approximate surface area is 133 Å². The molecule has 1 aromatic heterocycles. The fourth-order valence-corrected chi connectivity index (χ4v) is 1.93. The number of nitrogens with zero attached hydrogens (tertiary/aromatic N) is 2. The molecule has 0 spiro atoms. The molecule has 0 aliphatic heterocycles. The van der Waals surface area contributed by atoms with Crippen LogP contribution in [0.2, 0.25) is 0 Å². The van der Waals surface area contributed by atoms with E-state index in [1.54, 1.807) is 24.4 Å². The van der Waals surface area contributed by atoms with E-state index in [0.29, 0.717) is 25.2 Å². The predicted octanol–water partition coefficient (Wildman–Crippen LogP) is 3.13. The summed E-state index contributed by atoms with van der Waals surface area (Å²) in [5.41, 5.74) is 1.88. The normalized spacial score (nSPS) is 10.1. The highest BCUT2D eigenvalue weighted by molar-refractivity contribution is 5.89. The monoisotopic (exact) mass is 314 g/mol. The van der Waals surface area contributed by atoms with E-state index in [4.69, 9.17) is 0 Å². The lowest BCUT2D eigenvalue weighted by Crippen LogP contribution is -2.14. The van der Waals surface area contributed by atoms with Crippen molar-refractivity contribution < 1.29 is 9.72 Å². The molecule has 0 aliphatic rings. The van der Waals surface area contributed by atoms with Gasteiger partial charge >= 0.3 is 0 Å². The van der Waals surface area contributed by atoms with Gasteiger partial charge in [-0.1, -0.05) is 6.07 Å². The SMILES string of the molecule is Cc1ccc(NC(=O)CCCNc2ccc([N+](=O)[O-])cc2)nc1. The average Bonchev–Trinajstić information content (AvgIpc) is 2.54. The summed E-state index contributed by atoms with van der Waals surface area (Å²) in [6, 6.07) is 9.83. The molecule has 0 radical (unpaired) electrons. The van der Waals surface area contributed by atoms with Crippen LogP contribution in [0.4, 0.5) is 17.2 Å². The maximum atomic E-state index is 11.8. The van der Waals surface area contributed by atoms with Crippen LogP contribution in [-0.2, 0) is 4.79 Å². The zero-order valence-corrected chi connectivity index (χ0v) is 12.8. The molecular formula is C16H18N4O3. The summed E-state index contributed by atoms with van der Waals surface area (Å²) < 4.78 is 0. The van der Waals surface area contributed by atoms with Gasteiger partial charge in [0.15, 0.2) is 0 Å². The lowest BCUT2D eigenvalue weighted by molar-refractivity contribution is -0.384. The van der Waals surface area contributed by atoms with Gasteiger partial charge in [0.2, 0.25) is 5.91 Å². The number of pyridine rings is 1. The van der Waals surface area contributed by atoms with E-state index in [2.05, 4.69) is 15.6 Å². The highest BCUT2D eigenvalue weighted by Crippen LogP contribution is 2.15. The number of hydrogen-bond acceptors (Lipinski definition) is 5. The predicted molar refractivity (Wildman–Crippen MR) is 88.4 cm³/mol. The van der Waals surface area contributed by atoms with Crippen LogP contribution in [-0.4, -0.2) is 22.4 Å². The number of nitro groups is 1. The number of hydrogen-bond donors (Lipinski definition) is 2. The van der Waals surface area contributed by atoms with Gasteiger partial charge in [-0.3, -0.25) is 14.9 Å². The van der Waals surface area contributed by atoms with Crippen molar-refractivity contribution in [3.8, 4) is 0 Å². The van der Waals surface area contributed by atoms with Gasteiger partial charge in [0, 0.05) is 37.0 Å². The summed E-state index contributed by atoms with van der Waals surface area (Å²) in [6.45, 7) is 2.54. The molecule has 0 saturated carbocycles. The first kappa shape index (κ1) is 16.4. The molecule has 7 nitrogen and oxygen atoms in total. The van der Waals surface area contributed by atoms with E-state index in [1.807, 2.05) is 13.0 Å². The maximum absolute atomic E-state index is 11.8. The molecule has 2 aromatic rings. The first-order valence-electron chi connectivity index (χ1n) is 7.25. The molecule has 7 heteroatoms. The minimum absolute atomic E-state index is 0.0560. The number of aryl methyl sites for hydroxylation is 1. The van der Waals surface area contributed by atoms with Gasteiger partial charge in [0.25, 0.3) is 5.69 Å². The Bertz CT molecular complexity index is 669. The number of carbonyl (C=O) groups excluding carboxylic acids is 1. The lowest BCUT2D eigenvalue weighted by Gasteiger charge is -2.07. The largest absolute Gasteiger partial charge is 0.385 e. The maximum Gasteiger partial charge on any atom is 0.269 e. The molecule has 1 amide bonds. The van der Waals surface area contributed by atoms with Gasteiger partial charge in [0.05, 0.1) is 4.92 Å². The van der Waals surface area contributed by atoms with E-state index in [9.17, 15) is 14.9 Å². The van der Waals surface area contributed by atoms with Gasteiger partial charge in [-0.15, -0.1) is 0 Å². The van der Waals surface area contributed by atoms with Gasteiger partial charge in [-0.05, 0) is 37.1 Å². The van der Waals surface area contributed by atoms with Crippen LogP contribution in [0.5, 0.6) is 0 Å².